The van der Waals surface area contributed by atoms with Crippen LogP contribution in [0.2, 0.25) is 0 Å². The summed E-state index contributed by atoms with van der Waals surface area (Å²) in [5, 5.41) is 14.3. The molecule has 2 aliphatic rings. The average Bonchev–Trinajstić information content (AvgIpc) is 3.20. The third kappa shape index (κ3) is 2.44. The molecule has 2 N–H and O–H groups in total. The Morgan fingerprint density at radius 2 is 2.38 bits per heavy atom. The van der Waals surface area contributed by atoms with Crippen LogP contribution in [0.5, 0.6) is 0 Å². The third-order valence-corrected chi connectivity index (χ3v) is 8.03. The first-order valence-electron chi connectivity index (χ1n) is 7.46. The van der Waals surface area contributed by atoms with Gasteiger partial charge in [0.15, 0.2) is 0 Å². The van der Waals surface area contributed by atoms with Gasteiger partial charge < -0.3 is 0 Å². The van der Waals surface area contributed by atoms with Gasteiger partial charge in [0.1, 0.15) is 0 Å². The molecular weight excluding hydrogens is 413 g/mol. The fourth-order valence-corrected chi connectivity index (χ4v) is 7.31. The zero-order chi connectivity index (χ0) is 16.8. The van der Waals surface area contributed by atoms with Gasteiger partial charge in [-0.1, -0.05) is 0 Å². The molecular formula is C14H15N5O2S2Se. The Balaban J connectivity index is 1.89. The second-order valence-electron chi connectivity index (χ2n) is 5.61. The van der Waals surface area contributed by atoms with Gasteiger partial charge in [0.25, 0.3) is 0 Å². The van der Waals surface area contributed by atoms with Crippen LogP contribution < -0.4 is 10.6 Å². The van der Waals surface area contributed by atoms with Crippen LogP contribution >= 0.6 is 23.1 Å². The van der Waals surface area contributed by atoms with E-state index in [9.17, 15) is 10.1 Å². The monoisotopic (exact) mass is 429 g/mol. The van der Waals surface area contributed by atoms with Crippen LogP contribution in [0.3, 0.4) is 0 Å². The Bertz CT molecular complexity index is 819. The summed E-state index contributed by atoms with van der Waals surface area (Å²) in [6.45, 7) is 0. The van der Waals surface area contributed by atoms with Gasteiger partial charge in [0.2, 0.25) is 0 Å². The van der Waals surface area contributed by atoms with E-state index in [1.807, 2.05) is 16.5 Å². The van der Waals surface area contributed by atoms with E-state index in [1.54, 1.807) is 5.51 Å². The Kier molecular flexibility index (Phi) is 4.26. The fraction of sp³-hybridized carbons (Fsp3) is 0.429. The first-order chi connectivity index (χ1) is 11.6. The summed E-state index contributed by atoms with van der Waals surface area (Å²) < 4.78 is 2.17. The van der Waals surface area contributed by atoms with Gasteiger partial charge in [-0.05, 0) is 0 Å². The number of hydrogen-bond acceptors (Lipinski definition) is 8. The predicted octanol–water partition coefficient (Wildman–Crippen LogP) is 2.68. The van der Waals surface area contributed by atoms with E-state index < -0.39 is 12.2 Å². The summed E-state index contributed by atoms with van der Waals surface area (Å²) in [5.74, 6) is 0.752. The van der Waals surface area contributed by atoms with E-state index in [2.05, 4.69) is 4.98 Å². The predicted molar refractivity (Wildman–Crippen MR) is 98.2 cm³/mol. The van der Waals surface area contributed by atoms with Crippen molar-refractivity contribution in [3.8, 4) is 0 Å². The van der Waals surface area contributed by atoms with Crippen LogP contribution in [0, 0.1) is 10.1 Å². The first-order valence-corrected chi connectivity index (χ1v) is 11.3. The van der Waals surface area contributed by atoms with Crippen LogP contribution in [0.1, 0.15) is 40.6 Å². The SMILES string of the molecule is CSC1=Nc2[se]c3c(c2C(N)N1c1cscn1)C([N+](=O)[O-])CCC3. The number of thiazole rings is 1. The van der Waals surface area contributed by atoms with Gasteiger partial charge in [-0.15, -0.1) is 0 Å². The normalized spacial score (nSPS) is 22.8. The Morgan fingerprint density at radius 3 is 3.04 bits per heavy atom. The van der Waals surface area contributed by atoms with Gasteiger partial charge in [0, 0.05) is 0 Å². The van der Waals surface area contributed by atoms with Crippen molar-refractivity contribution in [2.45, 2.75) is 31.5 Å². The zero-order valence-electron chi connectivity index (χ0n) is 12.8. The molecule has 4 rings (SSSR count). The van der Waals surface area contributed by atoms with Gasteiger partial charge in [-0.2, -0.15) is 0 Å². The Labute approximate surface area is 152 Å². The molecule has 1 aliphatic carbocycles. The molecule has 10 heteroatoms. The molecule has 1 aliphatic heterocycles. The van der Waals surface area contributed by atoms with Crippen LogP contribution in [-0.2, 0) is 6.42 Å². The minimum atomic E-state index is -0.641. The number of amidine groups is 1. The maximum absolute atomic E-state index is 11.6. The number of anilines is 1. The van der Waals surface area contributed by atoms with Crippen LogP contribution in [0.25, 0.3) is 0 Å². The molecule has 3 heterocycles. The summed E-state index contributed by atoms with van der Waals surface area (Å²) in [7, 11) is 0. The van der Waals surface area contributed by atoms with E-state index in [1.165, 1.54) is 27.5 Å². The number of nitrogens with two attached hydrogens (primary N) is 1. The quantitative estimate of drug-likeness (QED) is 0.449. The topological polar surface area (TPSA) is 97.7 Å². The van der Waals surface area contributed by atoms with E-state index in [0.29, 0.717) is 6.42 Å². The van der Waals surface area contributed by atoms with Gasteiger partial charge >= 0.3 is 153 Å². The summed E-state index contributed by atoms with van der Waals surface area (Å²) in [6.07, 6.45) is 3.89. The van der Waals surface area contributed by atoms with Crippen LogP contribution in [0.4, 0.5) is 10.4 Å². The van der Waals surface area contributed by atoms with Crippen molar-refractivity contribution in [3.63, 3.8) is 0 Å². The molecule has 0 saturated carbocycles. The molecule has 126 valence electrons. The molecule has 0 fully saturated rings. The van der Waals surface area contributed by atoms with Crippen molar-refractivity contribution in [3.05, 3.63) is 36.6 Å². The number of nitrogens with zero attached hydrogens (tertiary/aromatic N) is 4. The molecule has 2 aromatic rings. The maximum atomic E-state index is 11.6. The number of aryl methyl sites for hydroxylation is 1. The zero-order valence-corrected chi connectivity index (χ0v) is 16.2. The Morgan fingerprint density at radius 1 is 1.54 bits per heavy atom. The summed E-state index contributed by atoms with van der Waals surface area (Å²) in [5.41, 5.74) is 10.1. The number of aliphatic imine (C=N–C) groups is 1. The van der Waals surface area contributed by atoms with Crippen molar-refractivity contribution in [2.75, 3.05) is 11.2 Å². The van der Waals surface area contributed by atoms with Crippen molar-refractivity contribution >= 4 is 53.1 Å². The first kappa shape index (κ1) is 16.3. The van der Waals surface area contributed by atoms with E-state index in [0.717, 1.165) is 39.5 Å². The number of rotatable bonds is 2. The molecule has 2 unspecified atom stereocenters. The number of hydrogen-bond donors (Lipinski definition) is 1. The second kappa shape index (κ2) is 6.27. The van der Waals surface area contributed by atoms with E-state index in [-0.39, 0.29) is 19.4 Å². The van der Waals surface area contributed by atoms with E-state index >= 15 is 0 Å². The number of thioether (sulfide) groups is 1. The molecule has 2 aromatic heterocycles. The van der Waals surface area contributed by atoms with E-state index in [4.69, 9.17) is 10.7 Å². The van der Waals surface area contributed by atoms with Crippen molar-refractivity contribution in [1.29, 1.82) is 0 Å². The summed E-state index contributed by atoms with van der Waals surface area (Å²) in [4.78, 5) is 22.5. The number of fused-ring (bicyclic) bond motifs is 3. The molecule has 0 aromatic carbocycles. The van der Waals surface area contributed by atoms with Crippen molar-refractivity contribution in [1.82, 2.24) is 4.98 Å². The molecule has 2 atom stereocenters. The fourth-order valence-electron chi connectivity index (χ4n) is 3.32. The summed E-state index contributed by atoms with van der Waals surface area (Å²) in [6, 6.07) is -0.641. The van der Waals surface area contributed by atoms with Crippen LogP contribution in [-0.4, -0.2) is 35.8 Å². The van der Waals surface area contributed by atoms with Gasteiger partial charge in [-0.25, -0.2) is 0 Å². The molecule has 0 saturated heterocycles. The number of aromatic nitrogens is 1. The standard InChI is InChI=1S/C14H15N5O2S2Se/c1-22-14-17-13-11(12(15)18(14)9-5-23-6-16-9)10-7(19(20)21)3-2-4-8(10)24-13/h5-7,12H,2-4,15H2,1H3. The third-order valence-electron chi connectivity index (χ3n) is 4.34. The molecule has 0 radical (unpaired) electrons. The Hall–Kier alpha value is -1.19. The van der Waals surface area contributed by atoms with Crippen molar-refractivity contribution < 1.29 is 4.92 Å². The molecule has 0 amide bonds. The average molecular weight is 428 g/mol. The molecule has 7 nitrogen and oxygen atoms in total. The second-order valence-corrected chi connectivity index (χ2v) is 9.38. The molecule has 0 bridgehead atoms. The van der Waals surface area contributed by atoms with Gasteiger partial charge in [0.05, 0.1) is 0 Å². The number of nitro groups is 1. The van der Waals surface area contributed by atoms with Crippen molar-refractivity contribution in [2.24, 2.45) is 10.7 Å². The van der Waals surface area contributed by atoms with Crippen LogP contribution in [0.15, 0.2) is 15.9 Å². The summed E-state index contributed by atoms with van der Waals surface area (Å²) >= 11 is 3.07. The molecule has 24 heavy (non-hydrogen) atoms. The van der Waals surface area contributed by atoms with Gasteiger partial charge in [-0.3, -0.25) is 0 Å². The minimum absolute atomic E-state index is 0.0477. The molecule has 0 spiro atoms.